The molecule has 0 amide bonds. The van der Waals surface area contributed by atoms with Gasteiger partial charge in [-0.15, -0.1) is 10.2 Å². The van der Waals surface area contributed by atoms with Crippen LogP contribution in [0.5, 0.6) is 0 Å². The van der Waals surface area contributed by atoms with Crippen LogP contribution in [0.25, 0.3) is 0 Å². The van der Waals surface area contributed by atoms with Gasteiger partial charge in [0.1, 0.15) is 11.9 Å². The molecule has 0 unspecified atom stereocenters. The first-order chi connectivity index (χ1) is 9.48. The Morgan fingerprint density at radius 1 is 1.15 bits per heavy atom. The fourth-order valence-electron chi connectivity index (χ4n) is 1.96. The average Bonchev–Trinajstić information content (AvgIpc) is 2.41. The van der Waals surface area contributed by atoms with Crippen LogP contribution in [0.2, 0.25) is 0 Å². The molecule has 0 fully saturated rings. The van der Waals surface area contributed by atoms with Gasteiger partial charge in [-0.2, -0.15) is 5.26 Å². The van der Waals surface area contributed by atoms with Crippen molar-refractivity contribution in [2.24, 2.45) is 0 Å². The van der Waals surface area contributed by atoms with Crippen molar-refractivity contribution >= 4 is 21.7 Å². The van der Waals surface area contributed by atoms with Gasteiger partial charge in [-0.25, -0.2) is 0 Å². The number of halogens is 1. The summed E-state index contributed by atoms with van der Waals surface area (Å²) in [5, 5.41) is 19.9. The highest BCUT2D eigenvalue weighted by molar-refractivity contribution is 9.10. The van der Waals surface area contributed by atoms with Gasteiger partial charge in [0.25, 0.3) is 0 Å². The minimum absolute atomic E-state index is 0.156. The van der Waals surface area contributed by atoms with E-state index >= 15 is 0 Å². The first kappa shape index (κ1) is 14.5. The van der Waals surface area contributed by atoms with Crippen LogP contribution >= 0.6 is 15.9 Å². The summed E-state index contributed by atoms with van der Waals surface area (Å²) in [6, 6.07) is 13.6. The van der Waals surface area contributed by atoms with E-state index in [1.807, 2.05) is 18.2 Å². The lowest BCUT2D eigenvalue weighted by Gasteiger charge is -2.26. The number of rotatable bonds is 4. The van der Waals surface area contributed by atoms with Crippen LogP contribution in [-0.2, 0) is 6.42 Å². The van der Waals surface area contributed by atoms with Crippen LogP contribution in [0.3, 0.4) is 0 Å². The Bertz CT molecular complexity index is 612. The molecule has 1 heterocycles. The van der Waals surface area contributed by atoms with Gasteiger partial charge in [0, 0.05) is 10.0 Å². The lowest BCUT2D eigenvalue weighted by Crippen LogP contribution is -2.33. The van der Waals surface area contributed by atoms with Crippen molar-refractivity contribution in [1.82, 2.24) is 10.2 Å². The lowest BCUT2D eigenvalue weighted by atomic mass is 9.95. The van der Waals surface area contributed by atoms with E-state index in [4.69, 9.17) is 5.26 Å². The first-order valence-corrected chi connectivity index (χ1v) is 7.04. The maximum Gasteiger partial charge on any atom is 0.163 e. The number of nitrogens with one attached hydrogen (secondary N) is 1. The maximum absolute atomic E-state index is 8.70. The molecule has 1 aromatic heterocycles. The topological polar surface area (TPSA) is 61.6 Å². The van der Waals surface area contributed by atoms with Gasteiger partial charge in [-0.1, -0.05) is 28.1 Å². The van der Waals surface area contributed by atoms with Gasteiger partial charge in [0.05, 0.1) is 0 Å². The second-order valence-corrected chi connectivity index (χ2v) is 6.14. The number of hydrogen-bond donors (Lipinski definition) is 1. The normalized spacial score (nSPS) is 10.9. The van der Waals surface area contributed by atoms with E-state index in [9.17, 15) is 0 Å². The van der Waals surface area contributed by atoms with Crippen LogP contribution in [-0.4, -0.2) is 15.7 Å². The molecule has 0 saturated carbocycles. The van der Waals surface area contributed by atoms with E-state index in [1.54, 1.807) is 12.1 Å². The summed E-state index contributed by atoms with van der Waals surface area (Å²) < 4.78 is 1.07. The molecule has 0 bridgehead atoms. The first-order valence-electron chi connectivity index (χ1n) is 6.25. The number of hydrogen-bond acceptors (Lipinski definition) is 4. The number of nitriles is 1. The third-order valence-electron chi connectivity index (χ3n) is 2.80. The highest BCUT2D eigenvalue weighted by Gasteiger charge is 2.18. The molecular formula is C15H15BrN4. The van der Waals surface area contributed by atoms with Crippen LogP contribution in [0.4, 0.5) is 5.82 Å². The highest BCUT2D eigenvalue weighted by atomic mass is 79.9. The molecule has 2 aromatic rings. The predicted molar refractivity (Wildman–Crippen MR) is 82.3 cm³/mol. The zero-order valence-electron chi connectivity index (χ0n) is 11.4. The molecule has 0 aliphatic carbocycles. The van der Waals surface area contributed by atoms with Gasteiger partial charge < -0.3 is 5.32 Å². The van der Waals surface area contributed by atoms with Gasteiger partial charge in [-0.05, 0) is 50.1 Å². The quantitative estimate of drug-likeness (QED) is 0.931. The fraction of sp³-hybridized carbons (Fsp3) is 0.267. The van der Waals surface area contributed by atoms with Gasteiger partial charge >= 0.3 is 0 Å². The summed E-state index contributed by atoms with van der Waals surface area (Å²) in [5.41, 5.74) is 1.41. The molecule has 0 spiro atoms. The molecule has 4 nitrogen and oxygen atoms in total. The van der Waals surface area contributed by atoms with Crippen molar-refractivity contribution < 1.29 is 0 Å². The minimum atomic E-state index is -0.156. The van der Waals surface area contributed by atoms with Gasteiger partial charge in [0.2, 0.25) is 0 Å². The molecular weight excluding hydrogens is 316 g/mol. The molecule has 1 aromatic carbocycles. The SMILES string of the molecule is CC(C)(Cc1ccc(Br)cc1)Nc1ccc(C#N)nn1. The summed E-state index contributed by atoms with van der Waals surface area (Å²) in [6.07, 6.45) is 0.863. The molecule has 2 rings (SSSR count). The van der Waals surface area contributed by atoms with Crippen molar-refractivity contribution in [3.05, 3.63) is 52.1 Å². The van der Waals surface area contributed by atoms with Gasteiger partial charge in [-0.3, -0.25) is 0 Å². The number of nitrogens with zero attached hydrogens (tertiary/aromatic N) is 3. The molecule has 20 heavy (non-hydrogen) atoms. The molecule has 0 aliphatic rings. The largest absolute Gasteiger partial charge is 0.363 e. The Morgan fingerprint density at radius 3 is 2.40 bits per heavy atom. The van der Waals surface area contributed by atoms with Crippen molar-refractivity contribution in [3.8, 4) is 6.07 Å². The van der Waals surface area contributed by atoms with E-state index in [2.05, 4.69) is 57.4 Å². The Kier molecular flexibility index (Phi) is 4.35. The van der Waals surface area contributed by atoms with E-state index in [-0.39, 0.29) is 5.54 Å². The zero-order chi connectivity index (χ0) is 14.6. The third-order valence-corrected chi connectivity index (χ3v) is 3.33. The summed E-state index contributed by atoms with van der Waals surface area (Å²) in [5.74, 6) is 0.672. The van der Waals surface area contributed by atoms with Crippen molar-refractivity contribution in [2.45, 2.75) is 25.8 Å². The van der Waals surface area contributed by atoms with E-state index in [1.165, 1.54) is 5.56 Å². The molecule has 5 heteroatoms. The molecule has 0 saturated heterocycles. The van der Waals surface area contributed by atoms with Crippen LogP contribution < -0.4 is 5.32 Å². The molecule has 1 N–H and O–H groups in total. The standard InChI is InChI=1S/C15H15BrN4/c1-15(2,9-11-3-5-12(16)6-4-11)18-14-8-7-13(10-17)19-20-14/h3-8H,9H2,1-2H3,(H,18,20). The van der Waals surface area contributed by atoms with Gasteiger partial charge in [0.15, 0.2) is 5.69 Å². The molecule has 0 atom stereocenters. The fourth-order valence-corrected chi connectivity index (χ4v) is 2.23. The smallest absolute Gasteiger partial charge is 0.163 e. The second-order valence-electron chi connectivity index (χ2n) is 5.23. The lowest BCUT2D eigenvalue weighted by molar-refractivity contribution is 0.560. The Labute approximate surface area is 127 Å². The Morgan fingerprint density at radius 2 is 1.85 bits per heavy atom. The summed E-state index contributed by atoms with van der Waals surface area (Å²) in [7, 11) is 0. The summed E-state index contributed by atoms with van der Waals surface area (Å²) in [4.78, 5) is 0. The number of benzene rings is 1. The number of anilines is 1. The van der Waals surface area contributed by atoms with Crippen molar-refractivity contribution in [3.63, 3.8) is 0 Å². The van der Waals surface area contributed by atoms with E-state index < -0.39 is 0 Å². The maximum atomic E-state index is 8.70. The Hall–Kier alpha value is -1.93. The zero-order valence-corrected chi connectivity index (χ0v) is 13.0. The van der Waals surface area contributed by atoms with Crippen molar-refractivity contribution in [1.29, 1.82) is 5.26 Å². The highest BCUT2D eigenvalue weighted by Crippen LogP contribution is 2.19. The second kappa shape index (κ2) is 6.02. The minimum Gasteiger partial charge on any atom is -0.363 e. The van der Waals surface area contributed by atoms with Crippen molar-refractivity contribution in [2.75, 3.05) is 5.32 Å². The predicted octanol–water partition coefficient (Wildman–Crippen LogP) is 3.54. The van der Waals surface area contributed by atoms with Crippen LogP contribution in [0.15, 0.2) is 40.9 Å². The van der Waals surface area contributed by atoms with Crippen LogP contribution in [0.1, 0.15) is 25.1 Å². The molecule has 0 aliphatic heterocycles. The molecule has 102 valence electrons. The number of aromatic nitrogens is 2. The monoisotopic (exact) mass is 330 g/mol. The van der Waals surface area contributed by atoms with E-state index in [0.29, 0.717) is 11.5 Å². The Balaban J connectivity index is 2.06. The average molecular weight is 331 g/mol. The summed E-state index contributed by atoms with van der Waals surface area (Å²) in [6.45, 7) is 4.21. The molecule has 0 radical (unpaired) electrons. The summed E-state index contributed by atoms with van der Waals surface area (Å²) >= 11 is 3.43. The van der Waals surface area contributed by atoms with Crippen LogP contribution in [0, 0.1) is 11.3 Å². The third kappa shape index (κ3) is 4.04. The van der Waals surface area contributed by atoms with E-state index in [0.717, 1.165) is 10.9 Å².